The second-order valence-corrected chi connectivity index (χ2v) is 4.91. The van der Waals surface area contributed by atoms with Crippen molar-refractivity contribution in [3.8, 4) is 5.75 Å². The predicted octanol–water partition coefficient (Wildman–Crippen LogP) is 3.04. The third kappa shape index (κ3) is 2.20. The fourth-order valence-corrected chi connectivity index (χ4v) is 2.54. The molecule has 0 aromatic heterocycles. The van der Waals surface area contributed by atoms with E-state index in [2.05, 4.69) is 5.32 Å². The van der Waals surface area contributed by atoms with Crippen LogP contribution in [0.15, 0.2) is 42.5 Å². The number of aromatic hydroxyl groups is 1. The lowest BCUT2D eigenvalue weighted by atomic mass is 10.1. The molecule has 1 aliphatic rings. The molecular weight excluding hydrogens is 252 g/mol. The highest BCUT2D eigenvalue weighted by molar-refractivity contribution is 5.94. The molecular formula is C16H16N2O2. The van der Waals surface area contributed by atoms with Gasteiger partial charge in [0.05, 0.1) is 5.69 Å². The predicted molar refractivity (Wildman–Crippen MR) is 79.6 cm³/mol. The van der Waals surface area contributed by atoms with Crippen LogP contribution in [0, 0.1) is 0 Å². The number of nitrogens with one attached hydrogen (secondary N) is 1. The van der Waals surface area contributed by atoms with E-state index in [-0.39, 0.29) is 11.7 Å². The first-order chi connectivity index (χ1) is 9.65. The summed E-state index contributed by atoms with van der Waals surface area (Å²) in [5.41, 5.74) is 3.73. The molecule has 102 valence electrons. The summed E-state index contributed by atoms with van der Waals surface area (Å²) in [4.78, 5) is 13.3. The summed E-state index contributed by atoms with van der Waals surface area (Å²) >= 11 is 0. The summed E-state index contributed by atoms with van der Waals surface area (Å²) in [5, 5.41) is 13.0. The van der Waals surface area contributed by atoms with Gasteiger partial charge in [0.15, 0.2) is 0 Å². The molecule has 0 saturated carbocycles. The molecule has 2 aromatic rings. The number of para-hydroxylation sites is 2. The van der Waals surface area contributed by atoms with Gasteiger partial charge in [0.25, 0.3) is 0 Å². The van der Waals surface area contributed by atoms with Gasteiger partial charge in [0, 0.05) is 24.8 Å². The zero-order valence-corrected chi connectivity index (χ0v) is 11.3. The van der Waals surface area contributed by atoms with Crippen LogP contribution in [0.4, 0.5) is 17.1 Å². The van der Waals surface area contributed by atoms with Crippen LogP contribution in [0.25, 0.3) is 0 Å². The quantitative estimate of drug-likeness (QED) is 0.823. The number of anilines is 3. The summed E-state index contributed by atoms with van der Waals surface area (Å²) in [5.74, 6) is 0.295. The van der Waals surface area contributed by atoms with Gasteiger partial charge >= 0.3 is 0 Å². The Morgan fingerprint density at radius 1 is 1.25 bits per heavy atom. The van der Waals surface area contributed by atoms with Crippen molar-refractivity contribution in [2.24, 2.45) is 0 Å². The topological polar surface area (TPSA) is 52.6 Å². The lowest BCUT2D eigenvalue weighted by Crippen LogP contribution is -2.25. The average molecular weight is 268 g/mol. The molecule has 20 heavy (non-hydrogen) atoms. The summed E-state index contributed by atoms with van der Waals surface area (Å²) < 4.78 is 0. The maximum absolute atomic E-state index is 11.5. The first-order valence-electron chi connectivity index (χ1n) is 6.61. The van der Waals surface area contributed by atoms with Gasteiger partial charge in [-0.05, 0) is 42.3 Å². The molecule has 3 rings (SSSR count). The Balaban J connectivity index is 1.87. The van der Waals surface area contributed by atoms with E-state index < -0.39 is 0 Å². The lowest BCUT2D eigenvalue weighted by Gasteiger charge is -2.15. The van der Waals surface area contributed by atoms with Crippen molar-refractivity contribution in [1.82, 2.24) is 0 Å². The fourth-order valence-electron chi connectivity index (χ4n) is 2.54. The first-order valence-corrected chi connectivity index (χ1v) is 6.61. The van der Waals surface area contributed by atoms with Crippen molar-refractivity contribution in [1.29, 1.82) is 0 Å². The maximum atomic E-state index is 11.5. The van der Waals surface area contributed by atoms with Crippen molar-refractivity contribution in [3.05, 3.63) is 48.0 Å². The Kier molecular flexibility index (Phi) is 3.06. The molecule has 2 N–H and O–H groups in total. The average Bonchev–Trinajstić information content (AvgIpc) is 2.84. The third-order valence-electron chi connectivity index (χ3n) is 3.54. The molecule has 4 nitrogen and oxygen atoms in total. The molecule has 0 fully saturated rings. The van der Waals surface area contributed by atoms with Gasteiger partial charge in [0.2, 0.25) is 5.91 Å². The van der Waals surface area contributed by atoms with Crippen LogP contribution in [0.2, 0.25) is 0 Å². The minimum atomic E-state index is 0.0742. The van der Waals surface area contributed by atoms with E-state index in [0.717, 1.165) is 29.9 Å². The monoisotopic (exact) mass is 268 g/mol. The summed E-state index contributed by atoms with van der Waals surface area (Å²) in [6.45, 7) is 2.33. The van der Waals surface area contributed by atoms with Crippen LogP contribution in [-0.4, -0.2) is 17.6 Å². The van der Waals surface area contributed by atoms with Gasteiger partial charge < -0.3 is 15.3 Å². The number of phenolic OH excluding ortho intramolecular Hbond substituents is 1. The normalized spacial score (nSPS) is 13.2. The second kappa shape index (κ2) is 4.89. The van der Waals surface area contributed by atoms with E-state index in [0.29, 0.717) is 5.69 Å². The van der Waals surface area contributed by atoms with Crippen LogP contribution in [0.5, 0.6) is 5.75 Å². The minimum Gasteiger partial charge on any atom is -0.506 e. The van der Waals surface area contributed by atoms with Crippen molar-refractivity contribution >= 4 is 23.0 Å². The van der Waals surface area contributed by atoms with Gasteiger partial charge in [0.1, 0.15) is 5.75 Å². The Morgan fingerprint density at radius 3 is 2.80 bits per heavy atom. The molecule has 4 heteroatoms. The maximum Gasteiger partial charge on any atom is 0.223 e. The molecule has 1 aliphatic heterocycles. The van der Waals surface area contributed by atoms with E-state index in [1.54, 1.807) is 24.0 Å². The number of nitrogens with zero attached hydrogens (tertiary/aromatic N) is 1. The number of carbonyl (C=O) groups excluding carboxylic acids is 1. The molecule has 0 spiro atoms. The Bertz CT molecular complexity index is 667. The fraction of sp³-hybridized carbons (Fsp3) is 0.188. The summed E-state index contributed by atoms with van der Waals surface area (Å²) in [6.07, 6.45) is 0.866. The van der Waals surface area contributed by atoms with Crippen molar-refractivity contribution in [2.45, 2.75) is 13.3 Å². The first kappa shape index (κ1) is 12.5. The number of carbonyl (C=O) groups is 1. The van der Waals surface area contributed by atoms with E-state index in [4.69, 9.17) is 0 Å². The SMILES string of the molecule is CC(=O)N1CCc2cc(Nc3ccccc3O)ccc21. The minimum absolute atomic E-state index is 0.0742. The number of rotatable bonds is 2. The summed E-state index contributed by atoms with van der Waals surface area (Å²) in [6, 6.07) is 13.0. The van der Waals surface area contributed by atoms with Gasteiger partial charge in [-0.25, -0.2) is 0 Å². The molecule has 0 bridgehead atoms. The highest BCUT2D eigenvalue weighted by Crippen LogP contribution is 2.33. The van der Waals surface area contributed by atoms with E-state index in [1.165, 1.54) is 0 Å². The molecule has 0 saturated heterocycles. The van der Waals surface area contributed by atoms with Gasteiger partial charge in [-0.2, -0.15) is 0 Å². The number of hydrogen-bond acceptors (Lipinski definition) is 3. The Hall–Kier alpha value is -2.49. The van der Waals surface area contributed by atoms with E-state index >= 15 is 0 Å². The van der Waals surface area contributed by atoms with Gasteiger partial charge in [-0.3, -0.25) is 4.79 Å². The molecule has 1 amide bonds. The number of fused-ring (bicyclic) bond motifs is 1. The van der Waals surface area contributed by atoms with Crippen molar-refractivity contribution < 1.29 is 9.90 Å². The number of hydrogen-bond donors (Lipinski definition) is 2. The van der Waals surface area contributed by atoms with E-state index in [9.17, 15) is 9.90 Å². The number of amides is 1. The number of benzene rings is 2. The zero-order chi connectivity index (χ0) is 14.1. The van der Waals surface area contributed by atoms with Crippen molar-refractivity contribution in [3.63, 3.8) is 0 Å². The highest BCUT2D eigenvalue weighted by Gasteiger charge is 2.22. The van der Waals surface area contributed by atoms with Crippen LogP contribution in [0.1, 0.15) is 12.5 Å². The molecule has 2 aromatic carbocycles. The lowest BCUT2D eigenvalue weighted by molar-refractivity contribution is -0.116. The Morgan fingerprint density at radius 2 is 2.05 bits per heavy atom. The highest BCUT2D eigenvalue weighted by atomic mass is 16.3. The van der Waals surface area contributed by atoms with E-state index in [1.807, 2.05) is 30.3 Å². The van der Waals surface area contributed by atoms with Gasteiger partial charge in [-0.1, -0.05) is 12.1 Å². The van der Waals surface area contributed by atoms with Crippen LogP contribution >= 0.6 is 0 Å². The van der Waals surface area contributed by atoms with Crippen LogP contribution in [0.3, 0.4) is 0 Å². The van der Waals surface area contributed by atoms with Gasteiger partial charge in [-0.15, -0.1) is 0 Å². The van der Waals surface area contributed by atoms with Crippen LogP contribution in [-0.2, 0) is 11.2 Å². The molecule has 0 aliphatic carbocycles. The largest absolute Gasteiger partial charge is 0.506 e. The zero-order valence-electron chi connectivity index (χ0n) is 11.3. The molecule has 0 unspecified atom stereocenters. The second-order valence-electron chi connectivity index (χ2n) is 4.91. The van der Waals surface area contributed by atoms with Crippen LogP contribution < -0.4 is 10.2 Å². The van der Waals surface area contributed by atoms with Crippen molar-refractivity contribution in [2.75, 3.05) is 16.8 Å². The number of phenols is 1. The molecule has 0 radical (unpaired) electrons. The Labute approximate surface area is 117 Å². The third-order valence-corrected chi connectivity index (χ3v) is 3.54. The standard InChI is InChI=1S/C16H16N2O2/c1-11(19)18-9-8-12-10-13(6-7-15(12)18)17-14-4-2-3-5-16(14)20/h2-7,10,17,20H,8-9H2,1H3. The molecule has 0 atom stereocenters. The molecule has 1 heterocycles. The summed E-state index contributed by atoms with van der Waals surface area (Å²) in [7, 11) is 0. The smallest absolute Gasteiger partial charge is 0.223 e.